The third-order valence-electron chi connectivity index (χ3n) is 3.17. The summed E-state index contributed by atoms with van der Waals surface area (Å²) in [7, 11) is 0. The van der Waals surface area contributed by atoms with Crippen LogP contribution in [0.4, 0.5) is 4.39 Å². The zero-order valence-electron chi connectivity index (χ0n) is 12.4. The molecule has 2 rings (SSSR count). The van der Waals surface area contributed by atoms with E-state index in [2.05, 4.69) is 0 Å². The van der Waals surface area contributed by atoms with Crippen LogP contribution in [0.5, 0.6) is 11.5 Å². The molecule has 0 aliphatic carbocycles. The van der Waals surface area contributed by atoms with Crippen molar-refractivity contribution >= 4 is 11.6 Å². The number of benzene rings is 2. The summed E-state index contributed by atoms with van der Waals surface area (Å²) in [5, 5.41) is 0.345. The predicted octanol–water partition coefficient (Wildman–Crippen LogP) is 3.96. The number of halogens is 2. The number of nitrogens with two attached hydrogens (primary N) is 1. The van der Waals surface area contributed by atoms with Gasteiger partial charge in [0.25, 0.3) is 0 Å². The Morgan fingerprint density at radius 2 is 1.95 bits per heavy atom. The molecule has 0 saturated heterocycles. The summed E-state index contributed by atoms with van der Waals surface area (Å²) >= 11 is 6.00. The van der Waals surface area contributed by atoms with Crippen molar-refractivity contribution in [2.75, 3.05) is 13.2 Å². The van der Waals surface area contributed by atoms with Gasteiger partial charge in [-0.05, 0) is 49.7 Å². The van der Waals surface area contributed by atoms with Gasteiger partial charge in [-0.1, -0.05) is 23.7 Å². The monoisotopic (exact) mass is 323 g/mol. The van der Waals surface area contributed by atoms with Crippen molar-refractivity contribution in [2.24, 2.45) is 5.73 Å². The molecule has 0 bridgehead atoms. The maximum absolute atomic E-state index is 13.8. The van der Waals surface area contributed by atoms with Crippen molar-refractivity contribution in [3.05, 3.63) is 58.4 Å². The highest BCUT2D eigenvalue weighted by Gasteiger charge is 2.11. The summed E-state index contributed by atoms with van der Waals surface area (Å²) in [6, 6.07) is 10.2. The van der Waals surface area contributed by atoms with E-state index < -0.39 is 0 Å². The van der Waals surface area contributed by atoms with Gasteiger partial charge in [-0.3, -0.25) is 0 Å². The Morgan fingerprint density at radius 3 is 2.64 bits per heavy atom. The molecule has 0 atom stereocenters. The second-order valence-electron chi connectivity index (χ2n) is 4.74. The van der Waals surface area contributed by atoms with Gasteiger partial charge in [0.15, 0.2) is 11.5 Å². The molecular formula is C17H19ClFNO2. The van der Waals surface area contributed by atoms with E-state index >= 15 is 0 Å². The van der Waals surface area contributed by atoms with Crippen LogP contribution in [0.25, 0.3) is 0 Å². The number of hydrogen-bond donors (Lipinski definition) is 1. The van der Waals surface area contributed by atoms with Crippen LogP contribution in [0.1, 0.15) is 18.1 Å². The smallest absolute Gasteiger partial charge is 0.161 e. The first-order valence-corrected chi connectivity index (χ1v) is 7.55. The van der Waals surface area contributed by atoms with Crippen molar-refractivity contribution < 1.29 is 13.9 Å². The highest BCUT2D eigenvalue weighted by atomic mass is 35.5. The normalized spacial score (nSPS) is 10.5. The highest BCUT2D eigenvalue weighted by Crippen LogP contribution is 2.30. The molecule has 118 valence electrons. The summed E-state index contributed by atoms with van der Waals surface area (Å²) in [5.41, 5.74) is 6.96. The molecule has 22 heavy (non-hydrogen) atoms. The molecule has 3 nitrogen and oxygen atoms in total. The van der Waals surface area contributed by atoms with Gasteiger partial charge >= 0.3 is 0 Å². The van der Waals surface area contributed by atoms with Gasteiger partial charge in [0.05, 0.1) is 11.6 Å². The molecule has 2 aromatic carbocycles. The van der Waals surface area contributed by atoms with E-state index in [-0.39, 0.29) is 12.4 Å². The summed E-state index contributed by atoms with van der Waals surface area (Å²) < 4.78 is 25.0. The van der Waals surface area contributed by atoms with Crippen LogP contribution in [0.2, 0.25) is 5.02 Å². The average molecular weight is 324 g/mol. The van der Waals surface area contributed by atoms with Crippen molar-refractivity contribution in [3.63, 3.8) is 0 Å². The van der Waals surface area contributed by atoms with Crippen molar-refractivity contribution in [1.29, 1.82) is 0 Å². The van der Waals surface area contributed by atoms with E-state index in [4.69, 9.17) is 26.8 Å². The average Bonchev–Trinajstić information content (AvgIpc) is 2.49. The number of rotatable bonds is 7. The minimum Gasteiger partial charge on any atom is -0.490 e. The zero-order valence-corrected chi connectivity index (χ0v) is 13.2. The molecule has 0 aromatic heterocycles. The third kappa shape index (κ3) is 4.12. The number of hydrogen-bond acceptors (Lipinski definition) is 3. The van der Waals surface area contributed by atoms with Gasteiger partial charge in [0.1, 0.15) is 12.4 Å². The molecule has 5 heteroatoms. The van der Waals surface area contributed by atoms with Gasteiger partial charge in [-0.15, -0.1) is 0 Å². The summed E-state index contributed by atoms with van der Waals surface area (Å²) in [5.74, 6) is 0.799. The molecule has 0 aliphatic rings. The van der Waals surface area contributed by atoms with Crippen LogP contribution in [-0.2, 0) is 13.0 Å². The summed E-state index contributed by atoms with van der Waals surface area (Å²) in [4.78, 5) is 0. The Morgan fingerprint density at radius 1 is 1.14 bits per heavy atom. The Bertz CT molecular complexity index is 614. The molecule has 0 saturated carbocycles. The fourth-order valence-corrected chi connectivity index (χ4v) is 2.30. The Labute approximate surface area is 134 Å². The van der Waals surface area contributed by atoms with Gasteiger partial charge in [0.2, 0.25) is 0 Å². The second-order valence-corrected chi connectivity index (χ2v) is 5.15. The lowest BCUT2D eigenvalue weighted by Crippen LogP contribution is -2.05. The molecule has 2 aromatic rings. The topological polar surface area (TPSA) is 44.5 Å². The standard InChI is InChI=1S/C17H19ClFNO2/c1-2-21-17-10-12(8-9-20)6-7-16(17)22-11-13-14(18)4-3-5-15(13)19/h3-7,10H,2,8-9,11,20H2,1H3. The highest BCUT2D eigenvalue weighted by molar-refractivity contribution is 6.31. The third-order valence-corrected chi connectivity index (χ3v) is 3.53. The molecule has 0 heterocycles. The van der Waals surface area contributed by atoms with Crippen molar-refractivity contribution in [1.82, 2.24) is 0 Å². The van der Waals surface area contributed by atoms with E-state index in [1.54, 1.807) is 12.1 Å². The van der Waals surface area contributed by atoms with Crippen LogP contribution in [-0.4, -0.2) is 13.2 Å². The van der Waals surface area contributed by atoms with Gasteiger partial charge in [-0.2, -0.15) is 0 Å². The van der Waals surface area contributed by atoms with Gasteiger partial charge in [-0.25, -0.2) is 4.39 Å². The molecule has 0 fully saturated rings. The van der Waals surface area contributed by atoms with Crippen LogP contribution < -0.4 is 15.2 Å². The van der Waals surface area contributed by atoms with Gasteiger partial charge in [0, 0.05) is 5.56 Å². The molecule has 2 N–H and O–H groups in total. The lowest BCUT2D eigenvalue weighted by Gasteiger charge is -2.14. The Kier molecular flexibility index (Phi) is 6.04. The van der Waals surface area contributed by atoms with Gasteiger partial charge < -0.3 is 15.2 Å². The molecule has 0 aliphatic heterocycles. The van der Waals surface area contributed by atoms with Crippen LogP contribution in [0.15, 0.2) is 36.4 Å². The van der Waals surface area contributed by atoms with Crippen LogP contribution in [0, 0.1) is 5.82 Å². The first-order chi connectivity index (χ1) is 10.7. The summed E-state index contributed by atoms with van der Waals surface area (Å²) in [6.07, 6.45) is 0.763. The number of ether oxygens (including phenoxy) is 2. The van der Waals surface area contributed by atoms with E-state index in [0.717, 1.165) is 12.0 Å². The minimum atomic E-state index is -0.384. The molecule has 0 unspecified atom stereocenters. The SMILES string of the molecule is CCOc1cc(CCN)ccc1OCc1c(F)cccc1Cl. The predicted molar refractivity (Wildman–Crippen MR) is 86.1 cm³/mol. The van der Waals surface area contributed by atoms with E-state index in [9.17, 15) is 4.39 Å². The second kappa shape index (κ2) is 8.01. The van der Waals surface area contributed by atoms with E-state index in [1.807, 2.05) is 25.1 Å². The van der Waals surface area contributed by atoms with E-state index in [0.29, 0.717) is 35.2 Å². The molecule has 0 amide bonds. The van der Waals surface area contributed by atoms with Crippen LogP contribution in [0.3, 0.4) is 0 Å². The zero-order chi connectivity index (χ0) is 15.9. The largest absolute Gasteiger partial charge is 0.490 e. The molecule has 0 radical (unpaired) electrons. The Balaban J connectivity index is 2.18. The fourth-order valence-electron chi connectivity index (χ4n) is 2.08. The first kappa shape index (κ1) is 16.6. The minimum absolute atomic E-state index is 0.0435. The maximum atomic E-state index is 13.8. The fraction of sp³-hybridized carbons (Fsp3) is 0.294. The lowest BCUT2D eigenvalue weighted by molar-refractivity contribution is 0.265. The lowest BCUT2D eigenvalue weighted by atomic mass is 10.1. The van der Waals surface area contributed by atoms with Crippen molar-refractivity contribution in [2.45, 2.75) is 20.0 Å². The van der Waals surface area contributed by atoms with Crippen LogP contribution >= 0.6 is 11.6 Å². The quantitative estimate of drug-likeness (QED) is 0.839. The first-order valence-electron chi connectivity index (χ1n) is 7.17. The maximum Gasteiger partial charge on any atom is 0.161 e. The van der Waals surface area contributed by atoms with Crippen molar-refractivity contribution in [3.8, 4) is 11.5 Å². The molecular weight excluding hydrogens is 305 g/mol. The Hall–Kier alpha value is -1.78. The molecule has 0 spiro atoms. The summed E-state index contributed by atoms with van der Waals surface area (Å²) in [6.45, 7) is 3.02. The van der Waals surface area contributed by atoms with E-state index in [1.165, 1.54) is 6.07 Å².